The Morgan fingerprint density at radius 3 is 1.42 bits per heavy atom. The lowest BCUT2D eigenvalue weighted by Gasteiger charge is -2.00. The summed E-state index contributed by atoms with van der Waals surface area (Å²) < 4.78 is 0. The van der Waals surface area contributed by atoms with Gasteiger partial charge in [0.2, 0.25) is 0 Å². The van der Waals surface area contributed by atoms with Crippen molar-refractivity contribution >= 4 is 11.9 Å². The standard InChI is InChI=1S/C8H12O4/c1-5(7(9)10)3-4-6(2)8(11)12/h3-6H,1-2H3,(H,9,10)(H,11,12)/b4-3+/t5-,6+. The second kappa shape index (κ2) is 4.54. The van der Waals surface area contributed by atoms with Crippen molar-refractivity contribution in [1.29, 1.82) is 0 Å². The third-order valence-corrected chi connectivity index (χ3v) is 1.47. The van der Waals surface area contributed by atoms with Gasteiger partial charge in [-0.05, 0) is 13.8 Å². The number of carboxylic acid groups (broad SMARTS) is 2. The molecule has 2 atom stereocenters. The molecule has 2 N–H and O–H groups in total. The molecule has 0 amide bonds. The fourth-order valence-electron chi connectivity index (χ4n) is 0.498. The zero-order valence-electron chi connectivity index (χ0n) is 7.02. The first-order chi connectivity index (χ1) is 5.45. The molecule has 68 valence electrons. The van der Waals surface area contributed by atoms with Crippen molar-refractivity contribution in [1.82, 2.24) is 0 Å². The minimum Gasteiger partial charge on any atom is -0.481 e. The Balaban J connectivity index is 4.06. The van der Waals surface area contributed by atoms with E-state index in [1.54, 1.807) is 0 Å². The van der Waals surface area contributed by atoms with E-state index in [4.69, 9.17) is 10.2 Å². The van der Waals surface area contributed by atoms with E-state index in [-0.39, 0.29) is 0 Å². The van der Waals surface area contributed by atoms with Gasteiger partial charge in [0.15, 0.2) is 0 Å². The molecule has 0 spiro atoms. The number of hydrogen-bond donors (Lipinski definition) is 2. The summed E-state index contributed by atoms with van der Waals surface area (Å²) in [6, 6.07) is 0. The fourth-order valence-corrected chi connectivity index (χ4v) is 0.498. The summed E-state index contributed by atoms with van der Waals surface area (Å²) in [5.74, 6) is -3.17. The van der Waals surface area contributed by atoms with Gasteiger partial charge >= 0.3 is 11.9 Å². The monoisotopic (exact) mass is 172 g/mol. The van der Waals surface area contributed by atoms with Crippen molar-refractivity contribution in [3.8, 4) is 0 Å². The molecule has 0 aliphatic rings. The molecular weight excluding hydrogens is 160 g/mol. The average Bonchev–Trinajstić information content (AvgIpc) is 1.98. The highest BCUT2D eigenvalue weighted by atomic mass is 16.4. The normalized spacial score (nSPS) is 15.8. The molecule has 0 aliphatic heterocycles. The molecule has 0 heterocycles. The molecule has 4 heteroatoms. The van der Waals surface area contributed by atoms with Crippen LogP contribution in [0.4, 0.5) is 0 Å². The number of aliphatic carboxylic acids is 2. The SMILES string of the molecule is C[C@H](/C=C/[C@H](C)C(=O)O)C(=O)O. The van der Waals surface area contributed by atoms with Gasteiger partial charge in [-0.1, -0.05) is 12.2 Å². The molecule has 0 aromatic rings. The van der Waals surface area contributed by atoms with Gasteiger partial charge in [-0.3, -0.25) is 9.59 Å². The Kier molecular flexibility index (Phi) is 4.04. The van der Waals surface area contributed by atoms with Crippen LogP contribution in [0.5, 0.6) is 0 Å². The Morgan fingerprint density at radius 1 is 1.00 bits per heavy atom. The largest absolute Gasteiger partial charge is 0.481 e. The highest BCUT2D eigenvalue weighted by Crippen LogP contribution is 2.02. The average molecular weight is 172 g/mol. The van der Waals surface area contributed by atoms with Crippen LogP contribution in [-0.2, 0) is 9.59 Å². The maximum Gasteiger partial charge on any atom is 0.310 e. The topological polar surface area (TPSA) is 74.6 Å². The highest BCUT2D eigenvalue weighted by molar-refractivity contribution is 5.73. The summed E-state index contributed by atoms with van der Waals surface area (Å²) >= 11 is 0. The van der Waals surface area contributed by atoms with E-state index >= 15 is 0 Å². The predicted octanol–water partition coefficient (Wildman–Crippen LogP) is 0.984. The number of carbonyl (C=O) groups is 2. The Hall–Kier alpha value is -1.32. The van der Waals surface area contributed by atoms with Gasteiger partial charge in [0.25, 0.3) is 0 Å². The van der Waals surface area contributed by atoms with Crippen LogP contribution in [0.2, 0.25) is 0 Å². The summed E-state index contributed by atoms with van der Waals surface area (Å²) in [5.41, 5.74) is 0. The van der Waals surface area contributed by atoms with Gasteiger partial charge in [-0.2, -0.15) is 0 Å². The van der Waals surface area contributed by atoms with Crippen LogP contribution < -0.4 is 0 Å². The molecule has 12 heavy (non-hydrogen) atoms. The smallest absolute Gasteiger partial charge is 0.310 e. The third-order valence-electron chi connectivity index (χ3n) is 1.47. The Morgan fingerprint density at radius 2 is 1.25 bits per heavy atom. The molecule has 0 aromatic heterocycles. The van der Waals surface area contributed by atoms with E-state index in [0.29, 0.717) is 0 Å². The van der Waals surface area contributed by atoms with Crippen molar-refractivity contribution in [3.63, 3.8) is 0 Å². The fraction of sp³-hybridized carbons (Fsp3) is 0.500. The van der Waals surface area contributed by atoms with Crippen LogP contribution in [0.15, 0.2) is 12.2 Å². The zero-order valence-corrected chi connectivity index (χ0v) is 7.02. The van der Waals surface area contributed by atoms with Crippen molar-refractivity contribution < 1.29 is 19.8 Å². The summed E-state index contributed by atoms with van der Waals surface area (Å²) in [7, 11) is 0. The summed E-state index contributed by atoms with van der Waals surface area (Å²) in [4.78, 5) is 20.6. The van der Waals surface area contributed by atoms with E-state index in [1.807, 2.05) is 0 Å². The molecular formula is C8H12O4. The lowest BCUT2D eigenvalue weighted by Crippen LogP contribution is -2.09. The predicted molar refractivity (Wildman–Crippen MR) is 42.7 cm³/mol. The maximum atomic E-state index is 10.3. The number of hydrogen-bond acceptors (Lipinski definition) is 2. The van der Waals surface area contributed by atoms with E-state index in [2.05, 4.69) is 0 Å². The molecule has 0 saturated carbocycles. The Bertz CT molecular complexity index is 185. The number of rotatable bonds is 4. The van der Waals surface area contributed by atoms with Crippen molar-refractivity contribution in [2.75, 3.05) is 0 Å². The van der Waals surface area contributed by atoms with Crippen molar-refractivity contribution in [2.24, 2.45) is 11.8 Å². The third kappa shape index (κ3) is 3.75. The van der Waals surface area contributed by atoms with Crippen LogP contribution >= 0.6 is 0 Å². The molecule has 0 saturated heterocycles. The second-order valence-electron chi connectivity index (χ2n) is 2.64. The van der Waals surface area contributed by atoms with E-state index in [0.717, 1.165) is 0 Å². The quantitative estimate of drug-likeness (QED) is 0.620. The summed E-state index contributed by atoms with van der Waals surface area (Å²) in [5, 5.41) is 16.9. The summed E-state index contributed by atoms with van der Waals surface area (Å²) in [6.07, 6.45) is 2.75. The Labute approximate surface area is 70.5 Å². The minimum absolute atomic E-state index is 0.633. The molecule has 0 radical (unpaired) electrons. The molecule has 4 nitrogen and oxygen atoms in total. The van der Waals surface area contributed by atoms with Gasteiger partial charge in [-0.15, -0.1) is 0 Å². The van der Waals surface area contributed by atoms with E-state index in [1.165, 1.54) is 26.0 Å². The van der Waals surface area contributed by atoms with Crippen LogP contribution in [0.1, 0.15) is 13.8 Å². The van der Waals surface area contributed by atoms with E-state index in [9.17, 15) is 9.59 Å². The van der Waals surface area contributed by atoms with Gasteiger partial charge in [0.05, 0.1) is 11.8 Å². The van der Waals surface area contributed by atoms with Crippen LogP contribution in [0.25, 0.3) is 0 Å². The first-order valence-corrected chi connectivity index (χ1v) is 3.59. The molecule has 0 bridgehead atoms. The van der Waals surface area contributed by atoms with Crippen molar-refractivity contribution in [2.45, 2.75) is 13.8 Å². The number of carboxylic acids is 2. The van der Waals surface area contributed by atoms with Gasteiger partial charge in [-0.25, -0.2) is 0 Å². The van der Waals surface area contributed by atoms with Gasteiger partial charge in [0.1, 0.15) is 0 Å². The van der Waals surface area contributed by atoms with Gasteiger partial charge < -0.3 is 10.2 Å². The van der Waals surface area contributed by atoms with E-state index < -0.39 is 23.8 Å². The van der Waals surface area contributed by atoms with Crippen LogP contribution in [0.3, 0.4) is 0 Å². The first kappa shape index (κ1) is 10.7. The molecule has 0 unspecified atom stereocenters. The zero-order chi connectivity index (χ0) is 9.72. The van der Waals surface area contributed by atoms with Crippen LogP contribution in [0, 0.1) is 11.8 Å². The second-order valence-corrected chi connectivity index (χ2v) is 2.64. The summed E-state index contributed by atoms with van der Waals surface area (Å²) in [6.45, 7) is 2.99. The van der Waals surface area contributed by atoms with Crippen molar-refractivity contribution in [3.05, 3.63) is 12.2 Å². The molecule has 0 fully saturated rings. The molecule has 0 aromatic carbocycles. The van der Waals surface area contributed by atoms with Crippen LogP contribution in [-0.4, -0.2) is 22.2 Å². The maximum absolute atomic E-state index is 10.3. The lowest BCUT2D eigenvalue weighted by atomic mass is 10.1. The lowest BCUT2D eigenvalue weighted by molar-refractivity contribution is -0.141. The minimum atomic E-state index is -0.955. The highest BCUT2D eigenvalue weighted by Gasteiger charge is 2.09. The van der Waals surface area contributed by atoms with Gasteiger partial charge in [0, 0.05) is 0 Å². The first-order valence-electron chi connectivity index (χ1n) is 3.59. The molecule has 0 aliphatic carbocycles. The molecule has 0 rings (SSSR count).